The molecular weight excluding hydrogens is 448 g/mol. The number of aromatic nitrogens is 5. The van der Waals surface area contributed by atoms with E-state index in [4.69, 9.17) is 0 Å². The van der Waals surface area contributed by atoms with Crippen molar-refractivity contribution in [3.05, 3.63) is 64.1 Å². The standard InChI is InChI=1S/C20H16F4N6O3/c1-19(2,33)13-7-16-29(9-15(31)27-14-6-3-10(21)8-25-14)18(32)11-4-5-12(20(22,23)24)26-17(11)30(16)28-13/h3-8,33H,9H2,1-2H3,(H,25,27,31). The molecule has 0 aliphatic rings. The average Bonchev–Trinajstić information content (AvgIpc) is 3.18. The van der Waals surface area contributed by atoms with E-state index in [1.807, 2.05) is 0 Å². The maximum absolute atomic E-state index is 13.2. The van der Waals surface area contributed by atoms with E-state index in [9.17, 15) is 32.3 Å². The molecule has 33 heavy (non-hydrogen) atoms. The zero-order valence-electron chi connectivity index (χ0n) is 17.2. The van der Waals surface area contributed by atoms with Gasteiger partial charge >= 0.3 is 6.18 Å². The Morgan fingerprint density at radius 1 is 1.15 bits per heavy atom. The fourth-order valence-corrected chi connectivity index (χ4v) is 3.13. The Balaban J connectivity index is 1.88. The highest BCUT2D eigenvalue weighted by atomic mass is 19.4. The monoisotopic (exact) mass is 464 g/mol. The van der Waals surface area contributed by atoms with Gasteiger partial charge < -0.3 is 10.4 Å². The Morgan fingerprint density at radius 3 is 2.48 bits per heavy atom. The molecule has 0 radical (unpaired) electrons. The first-order chi connectivity index (χ1) is 15.3. The number of pyridine rings is 2. The van der Waals surface area contributed by atoms with Crippen molar-refractivity contribution in [2.75, 3.05) is 5.32 Å². The predicted octanol–water partition coefficient (Wildman–Crippen LogP) is 2.46. The first-order valence-electron chi connectivity index (χ1n) is 9.49. The first-order valence-corrected chi connectivity index (χ1v) is 9.49. The van der Waals surface area contributed by atoms with E-state index in [2.05, 4.69) is 20.4 Å². The van der Waals surface area contributed by atoms with E-state index < -0.39 is 41.3 Å². The highest BCUT2D eigenvalue weighted by molar-refractivity contribution is 5.90. The van der Waals surface area contributed by atoms with Gasteiger partial charge in [0.25, 0.3) is 5.56 Å². The third-order valence-electron chi connectivity index (χ3n) is 4.73. The number of hydrogen-bond donors (Lipinski definition) is 2. The van der Waals surface area contributed by atoms with Crippen molar-refractivity contribution in [1.29, 1.82) is 0 Å². The quantitative estimate of drug-likeness (QED) is 0.449. The van der Waals surface area contributed by atoms with Gasteiger partial charge in [-0.1, -0.05) is 0 Å². The van der Waals surface area contributed by atoms with Crippen molar-refractivity contribution >= 4 is 28.4 Å². The van der Waals surface area contributed by atoms with Gasteiger partial charge in [0.15, 0.2) is 5.65 Å². The summed E-state index contributed by atoms with van der Waals surface area (Å²) in [7, 11) is 0. The van der Waals surface area contributed by atoms with Gasteiger partial charge in [-0.15, -0.1) is 0 Å². The number of carbonyl (C=O) groups is 1. The highest BCUT2D eigenvalue weighted by Crippen LogP contribution is 2.29. The molecule has 0 aliphatic carbocycles. The normalized spacial score (nSPS) is 12.5. The molecular formula is C20H16F4N6O3. The highest BCUT2D eigenvalue weighted by Gasteiger charge is 2.33. The van der Waals surface area contributed by atoms with Crippen LogP contribution >= 0.6 is 0 Å². The zero-order chi connectivity index (χ0) is 24.1. The number of nitrogens with zero attached hydrogens (tertiary/aromatic N) is 5. The van der Waals surface area contributed by atoms with E-state index in [1.54, 1.807) is 0 Å². The van der Waals surface area contributed by atoms with Crippen LogP contribution < -0.4 is 10.9 Å². The van der Waals surface area contributed by atoms with Crippen LogP contribution in [0.15, 0.2) is 41.3 Å². The van der Waals surface area contributed by atoms with Crippen molar-refractivity contribution in [2.45, 2.75) is 32.2 Å². The van der Waals surface area contributed by atoms with Crippen LogP contribution in [0.25, 0.3) is 16.7 Å². The molecule has 0 atom stereocenters. The van der Waals surface area contributed by atoms with Crippen molar-refractivity contribution in [3.63, 3.8) is 0 Å². The molecule has 0 aromatic carbocycles. The third kappa shape index (κ3) is 4.26. The summed E-state index contributed by atoms with van der Waals surface area (Å²) in [6.45, 7) is 2.25. The van der Waals surface area contributed by atoms with Crippen LogP contribution in [0.1, 0.15) is 25.2 Å². The van der Waals surface area contributed by atoms with E-state index >= 15 is 0 Å². The lowest BCUT2D eigenvalue weighted by atomic mass is 10.1. The summed E-state index contributed by atoms with van der Waals surface area (Å²) >= 11 is 0. The summed E-state index contributed by atoms with van der Waals surface area (Å²) in [5.74, 6) is -1.28. The number of nitrogens with one attached hydrogen (secondary N) is 1. The number of halogens is 4. The van der Waals surface area contributed by atoms with Gasteiger partial charge in [0.2, 0.25) is 5.91 Å². The molecule has 4 rings (SSSR count). The second kappa shape index (κ2) is 7.62. The number of amides is 1. The zero-order valence-corrected chi connectivity index (χ0v) is 17.2. The maximum atomic E-state index is 13.2. The van der Waals surface area contributed by atoms with Gasteiger partial charge in [-0.2, -0.15) is 22.8 Å². The smallest absolute Gasteiger partial charge is 0.384 e. The Labute approximate surface area is 182 Å². The van der Waals surface area contributed by atoms with Crippen molar-refractivity contribution in [3.8, 4) is 0 Å². The minimum absolute atomic E-state index is 0.0356. The van der Waals surface area contributed by atoms with Gasteiger partial charge in [-0.05, 0) is 38.1 Å². The summed E-state index contributed by atoms with van der Waals surface area (Å²) in [6.07, 6.45) is -3.86. The second-order valence-corrected chi connectivity index (χ2v) is 7.73. The lowest BCUT2D eigenvalue weighted by Crippen LogP contribution is -2.30. The summed E-state index contributed by atoms with van der Waals surface area (Å²) in [4.78, 5) is 32.9. The van der Waals surface area contributed by atoms with Gasteiger partial charge in [-0.3, -0.25) is 14.2 Å². The van der Waals surface area contributed by atoms with Gasteiger partial charge in [0, 0.05) is 6.07 Å². The molecule has 0 saturated carbocycles. The van der Waals surface area contributed by atoms with Gasteiger partial charge in [-0.25, -0.2) is 14.4 Å². The predicted molar refractivity (Wildman–Crippen MR) is 108 cm³/mol. The Hall–Kier alpha value is -3.87. The first kappa shape index (κ1) is 22.3. The van der Waals surface area contributed by atoms with E-state index in [0.29, 0.717) is 6.07 Å². The van der Waals surface area contributed by atoms with Crippen molar-refractivity contribution < 1.29 is 27.5 Å². The Kier molecular flexibility index (Phi) is 5.16. The molecule has 172 valence electrons. The largest absolute Gasteiger partial charge is 0.433 e. The summed E-state index contributed by atoms with van der Waals surface area (Å²) in [5.41, 5.74) is -3.91. The van der Waals surface area contributed by atoms with Gasteiger partial charge in [0.1, 0.15) is 35.1 Å². The lowest BCUT2D eigenvalue weighted by Gasteiger charge is -2.12. The minimum Gasteiger partial charge on any atom is -0.384 e. The fraction of sp³-hybridized carbons (Fsp3) is 0.250. The van der Waals surface area contributed by atoms with Crippen LogP contribution in [0.5, 0.6) is 0 Å². The summed E-state index contributed by atoms with van der Waals surface area (Å²) in [6, 6.07) is 5.20. The molecule has 2 N–H and O–H groups in total. The van der Waals surface area contributed by atoms with E-state index in [-0.39, 0.29) is 28.2 Å². The molecule has 4 heterocycles. The van der Waals surface area contributed by atoms with Crippen LogP contribution in [0, 0.1) is 5.82 Å². The molecule has 0 saturated heterocycles. The van der Waals surface area contributed by atoms with Crippen LogP contribution in [-0.2, 0) is 23.1 Å². The third-order valence-corrected chi connectivity index (χ3v) is 4.73. The van der Waals surface area contributed by atoms with Crippen LogP contribution in [0.4, 0.5) is 23.4 Å². The Bertz CT molecular complexity index is 1440. The number of alkyl halides is 3. The van der Waals surface area contributed by atoms with Crippen molar-refractivity contribution in [2.24, 2.45) is 0 Å². The average molecular weight is 464 g/mol. The van der Waals surface area contributed by atoms with Crippen LogP contribution in [0.2, 0.25) is 0 Å². The molecule has 0 aliphatic heterocycles. The molecule has 0 bridgehead atoms. The van der Waals surface area contributed by atoms with E-state index in [1.165, 1.54) is 26.0 Å². The SMILES string of the molecule is CC(C)(O)c1cc2n(CC(=O)Nc3ccc(F)cn3)c(=O)c3ccc(C(F)(F)F)nc3n2n1. The Morgan fingerprint density at radius 2 is 1.88 bits per heavy atom. The number of carbonyl (C=O) groups excluding carboxylic acids is 1. The molecule has 1 amide bonds. The molecule has 0 spiro atoms. The maximum Gasteiger partial charge on any atom is 0.433 e. The lowest BCUT2D eigenvalue weighted by molar-refractivity contribution is -0.141. The fourth-order valence-electron chi connectivity index (χ4n) is 3.13. The number of anilines is 1. The minimum atomic E-state index is -4.76. The molecule has 0 fully saturated rings. The van der Waals surface area contributed by atoms with Crippen LogP contribution in [-0.4, -0.2) is 35.2 Å². The molecule has 4 aromatic rings. The van der Waals surface area contributed by atoms with Crippen molar-refractivity contribution in [1.82, 2.24) is 24.1 Å². The molecule has 0 unspecified atom stereocenters. The molecule has 13 heteroatoms. The number of rotatable bonds is 4. The number of fused-ring (bicyclic) bond motifs is 3. The number of hydrogen-bond acceptors (Lipinski definition) is 6. The molecule has 4 aromatic heterocycles. The summed E-state index contributed by atoms with van der Waals surface area (Å²) < 4.78 is 54.6. The second-order valence-electron chi connectivity index (χ2n) is 7.73. The number of aliphatic hydroxyl groups is 1. The molecule has 9 nitrogen and oxygen atoms in total. The van der Waals surface area contributed by atoms with E-state index in [0.717, 1.165) is 27.4 Å². The van der Waals surface area contributed by atoms with Gasteiger partial charge in [0.05, 0.1) is 17.3 Å². The van der Waals surface area contributed by atoms with Crippen LogP contribution in [0.3, 0.4) is 0 Å². The summed E-state index contributed by atoms with van der Waals surface area (Å²) in [5, 5.41) is 16.6. The topological polar surface area (TPSA) is 114 Å².